The molecule has 0 saturated heterocycles. The van der Waals surface area contributed by atoms with E-state index in [0.29, 0.717) is 0 Å². The quantitative estimate of drug-likeness (QED) is 0.254. The number of benzene rings is 6. The van der Waals surface area contributed by atoms with Crippen LogP contribution in [-0.4, -0.2) is 0 Å². The van der Waals surface area contributed by atoms with Gasteiger partial charge in [-0.25, -0.2) is 0 Å². The summed E-state index contributed by atoms with van der Waals surface area (Å²) in [5.41, 5.74) is 8.40. The maximum Gasteiger partial charge on any atom is 0.0468 e. The molecule has 0 radical (unpaired) electrons. The highest BCUT2D eigenvalue weighted by atomic mass is 15.1. The van der Waals surface area contributed by atoms with E-state index < -0.39 is 0 Å². The molecular weight excluding hydrogens is 422 g/mol. The fraction of sp³-hybridized carbons (Fsp3) is 0. The van der Waals surface area contributed by atoms with Gasteiger partial charge in [0.15, 0.2) is 0 Å². The molecule has 6 aromatic carbocycles. The summed E-state index contributed by atoms with van der Waals surface area (Å²) in [6.45, 7) is 0. The standard InChI is InChI=1S/C34H25N/c1-4-12-26(13-5-1)33-18-10-11-19-34(33)29-21-20-28-25-32(23-22-27(28)24-29)35(30-14-6-2-7-15-30)31-16-8-3-9-17-31/h1-25H. The second-order valence-corrected chi connectivity index (χ2v) is 8.66. The van der Waals surface area contributed by atoms with E-state index in [-0.39, 0.29) is 0 Å². The lowest BCUT2D eigenvalue weighted by Gasteiger charge is -2.25. The molecule has 0 fully saturated rings. The monoisotopic (exact) mass is 447 g/mol. The summed E-state index contributed by atoms with van der Waals surface area (Å²) in [7, 11) is 0. The first-order valence-corrected chi connectivity index (χ1v) is 12.0. The third kappa shape index (κ3) is 4.20. The third-order valence-corrected chi connectivity index (χ3v) is 6.43. The topological polar surface area (TPSA) is 3.24 Å². The zero-order chi connectivity index (χ0) is 23.5. The van der Waals surface area contributed by atoms with Crippen molar-refractivity contribution in [2.45, 2.75) is 0 Å². The van der Waals surface area contributed by atoms with Crippen molar-refractivity contribution < 1.29 is 0 Å². The van der Waals surface area contributed by atoms with Gasteiger partial charge < -0.3 is 4.90 Å². The lowest BCUT2D eigenvalue weighted by molar-refractivity contribution is 1.29. The average molecular weight is 448 g/mol. The van der Waals surface area contributed by atoms with Crippen molar-refractivity contribution >= 4 is 27.8 Å². The van der Waals surface area contributed by atoms with Gasteiger partial charge in [0.1, 0.15) is 0 Å². The van der Waals surface area contributed by atoms with Crippen molar-refractivity contribution in [2.75, 3.05) is 4.90 Å². The van der Waals surface area contributed by atoms with Crippen LogP contribution in [0.1, 0.15) is 0 Å². The number of rotatable bonds is 5. The van der Waals surface area contributed by atoms with Crippen molar-refractivity contribution in [1.82, 2.24) is 0 Å². The van der Waals surface area contributed by atoms with Gasteiger partial charge in [0.25, 0.3) is 0 Å². The van der Waals surface area contributed by atoms with E-state index in [0.717, 1.165) is 17.1 Å². The minimum atomic E-state index is 1.14. The summed E-state index contributed by atoms with van der Waals surface area (Å²) >= 11 is 0. The molecule has 0 aliphatic carbocycles. The molecule has 0 aromatic heterocycles. The summed E-state index contributed by atoms with van der Waals surface area (Å²) in [4.78, 5) is 2.30. The first kappa shape index (κ1) is 20.9. The third-order valence-electron chi connectivity index (χ3n) is 6.43. The fourth-order valence-corrected chi connectivity index (χ4v) is 4.75. The minimum absolute atomic E-state index is 1.14. The van der Waals surface area contributed by atoms with Crippen LogP contribution in [0.25, 0.3) is 33.0 Å². The summed E-state index contributed by atoms with van der Waals surface area (Å²) in [6.07, 6.45) is 0. The highest BCUT2D eigenvalue weighted by molar-refractivity contribution is 5.94. The van der Waals surface area contributed by atoms with Crippen LogP contribution in [0, 0.1) is 0 Å². The van der Waals surface area contributed by atoms with Gasteiger partial charge in [0, 0.05) is 17.1 Å². The number of nitrogens with zero attached hydrogens (tertiary/aromatic N) is 1. The van der Waals surface area contributed by atoms with Crippen molar-refractivity contribution in [3.05, 3.63) is 152 Å². The summed E-state index contributed by atoms with van der Waals surface area (Å²) in [6, 6.07) is 53.8. The Bertz CT molecular complexity index is 1530. The van der Waals surface area contributed by atoms with Crippen molar-refractivity contribution in [2.24, 2.45) is 0 Å². The Morgan fingerprint density at radius 3 is 1.43 bits per heavy atom. The smallest absolute Gasteiger partial charge is 0.0468 e. The highest BCUT2D eigenvalue weighted by Crippen LogP contribution is 2.37. The second kappa shape index (κ2) is 9.32. The van der Waals surface area contributed by atoms with E-state index in [1.807, 2.05) is 0 Å². The lowest BCUT2D eigenvalue weighted by Crippen LogP contribution is -2.09. The van der Waals surface area contributed by atoms with E-state index in [4.69, 9.17) is 0 Å². The van der Waals surface area contributed by atoms with Crippen LogP contribution in [-0.2, 0) is 0 Å². The Labute approximate surface area is 206 Å². The van der Waals surface area contributed by atoms with Crippen LogP contribution in [0.2, 0.25) is 0 Å². The van der Waals surface area contributed by atoms with Gasteiger partial charge >= 0.3 is 0 Å². The Morgan fingerprint density at radius 2 is 0.800 bits per heavy atom. The first-order valence-electron chi connectivity index (χ1n) is 12.0. The molecule has 166 valence electrons. The molecule has 0 N–H and O–H groups in total. The molecule has 0 unspecified atom stereocenters. The SMILES string of the molecule is c1ccc(-c2ccccc2-c2ccc3cc(N(c4ccccc4)c4ccccc4)ccc3c2)cc1. The largest absolute Gasteiger partial charge is 0.310 e. The Hall–Kier alpha value is -4.62. The van der Waals surface area contributed by atoms with Crippen LogP contribution in [0.3, 0.4) is 0 Å². The molecular formula is C34H25N. The van der Waals surface area contributed by atoms with Gasteiger partial charge in [-0.05, 0) is 75.5 Å². The van der Waals surface area contributed by atoms with Crippen LogP contribution < -0.4 is 4.90 Å². The number of anilines is 3. The minimum Gasteiger partial charge on any atom is -0.310 e. The summed E-state index contributed by atoms with van der Waals surface area (Å²) in [5, 5.41) is 2.45. The number of para-hydroxylation sites is 2. The number of hydrogen-bond acceptors (Lipinski definition) is 1. The molecule has 0 saturated carbocycles. The van der Waals surface area contributed by atoms with Crippen molar-refractivity contribution in [1.29, 1.82) is 0 Å². The van der Waals surface area contributed by atoms with Gasteiger partial charge in [-0.3, -0.25) is 0 Å². The maximum atomic E-state index is 2.30. The summed E-state index contributed by atoms with van der Waals surface area (Å²) in [5.74, 6) is 0. The Balaban J connectivity index is 1.43. The van der Waals surface area contributed by atoms with Crippen LogP contribution in [0.5, 0.6) is 0 Å². The van der Waals surface area contributed by atoms with E-state index in [2.05, 4.69) is 157 Å². The molecule has 0 bridgehead atoms. The highest BCUT2D eigenvalue weighted by Gasteiger charge is 2.13. The Kier molecular flexibility index (Phi) is 5.58. The molecule has 1 heteroatoms. The molecule has 1 nitrogen and oxygen atoms in total. The Morgan fingerprint density at radius 1 is 0.314 bits per heavy atom. The zero-order valence-corrected chi connectivity index (χ0v) is 19.4. The molecule has 0 heterocycles. The van der Waals surface area contributed by atoms with Crippen LogP contribution in [0.15, 0.2) is 152 Å². The molecule has 0 aliphatic rings. The first-order chi connectivity index (χ1) is 17.4. The average Bonchev–Trinajstić information content (AvgIpc) is 2.94. The predicted octanol–water partition coefficient (Wildman–Crippen LogP) is 9.64. The number of fused-ring (bicyclic) bond motifs is 1. The van der Waals surface area contributed by atoms with Crippen LogP contribution in [0.4, 0.5) is 17.1 Å². The summed E-state index contributed by atoms with van der Waals surface area (Å²) < 4.78 is 0. The van der Waals surface area contributed by atoms with Gasteiger partial charge in [-0.2, -0.15) is 0 Å². The number of hydrogen-bond donors (Lipinski definition) is 0. The van der Waals surface area contributed by atoms with Gasteiger partial charge in [0.05, 0.1) is 0 Å². The van der Waals surface area contributed by atoms with Crippen molar-refractivity contribution in [3.63, 3.8) is 0 Å². The molecule has 0 spiro atoms. The molecule has 6 aromatic rings. The van der Waals surface area contributed by atoms with Gasteiger partial charge in [-0.15, -0.1) is 0 Å². The predicted molar refractivity (Wildman–Crippen MR) is 150 cm³/mol. The molecule has 0 atom stereocenters. The molecule has 0 amide bonds. The molecule has 6 rings (SSSR count). The van der Waals surface area contributed by atoms with Gasteiger partial charge in [-0.1, -0.05) is 109 Å². The van der Waals surface area contributed by atoms with E-state index in [9.17, 15) is 0 Å². The van der Waals surface area contributed by atoms with Crippen molar-refractivity contribution in [3.8, 4) is 22.3 Å². The van der Waals surface area contributed by atoms with Gasteiger partial charge in [0.2, 0.25) is 0 Å². The van der Waals surface area contributed by atoms with E-state index in [1.54, 1.807) is 0 Å². The van der Waals surface area contributed by atoms with Crippen LogP contribution >= 0.6 is 0 Å². The molecule has 35 heavy (non-hydrogen) atoms. The molecule has 0 aliphatic heterocycles. The zero-order valence-electron chi connectivity index (χ0n) is 19.4. The van der Waals surface area contributed by atoms with E-state index >= 15 is 0 Å². The second-order valence-electron chi connectivity index (χ2n) is 8.66. The normalized spacial score (nSPS) is 10.9. The lowest BCUT2D eigenvalue weighted by atomic mass is 9.93. The van der Waals surface area contributed by atoms with E-state index in [1.165, 1.54) is 33.0 Å². The maximum absolute atomic E-state index is 2.30. The fourth-order valence-electron chi connectivity index (χ4n) is 4.75.